The Bertz CT molecular complexity index is 724. The van der Waals surface area contributed by atoms with Crippen molar-refractivity contribution in [2.75, 3.05) is 6.54 Å². The van der Waals surface area contributed by atoms with Gasteiger partial charge in [-0.05, 0) is 78.8 Å². The van der Waals surface area contributed by atoms with Crippen LogP contribution in [-0.4, -0.2) is 27.7 Å². The number of aromatic hydroxyl groups is 1. The molecule has 0 unspecified atom stereocenters. The first kappa shape index (κ1) is 18.1. The Morgan fingerprint density at radius 1 is 1.16 bits per heavy atom. The summed E-state index contributed by atoms with van der Waals surface area (Å²) in [6.45, 7) is 6.36. The highest BCUT2D eigenvalue weighted by Gasteiger charge is 2.40. The van der Waals surface area contributed by atoms with Gasteiger partial charge in [-0.2, -0.15) is 0 Å². The van der Waals surface area contributed by atoms with E-state index in [0.29, 0.717) is 11.4 Å². The number of hydrogen-bond acceptors (Lipinski definition) is 4. The lowest BCUT2D eigenvalue weighted by molar-refractivity contribution is -0.124. The highest BCUT2D eigenvalue weighted by Crippen LogP contribution is 2.40. The van der Waals surface area contributed by atoms with E-state index in [1.807, 2.05) is 26.0 Å². The van der Waals surface area contributed by atoms with Crippen molar-refractivity contribution in [1.29, 1.82) is 0 Å². The van der Waals surface area contributed by atoms with Crippen LogP contribution in [0.1, 0.15) is 55.7 Å². The molecule has 2 fully saturated rings. The van der Waals surface area contributed by atoms with Crippen molar-refractivity contribution in [3.8, 4) is 5.75 Å². The molecule has 2 amide bonds. The maximum Gasteiger partial charge on any atom is 0.293 e. The number of phenolic OH excluding ortho intramolecular Hbond substituents is 1. The van der Waals surface area contributed by atoms with E-state index in [4.69, 9.17) is 0 Å². The summed E-state index contributed by atoms with van der Waals surface area (Å²) in [4.78, 5) is 27.0. The Labute approximate surface area is 153 Å². The molecule has 0 spiro atoms. The minimum atomic E-state index is -0.190. The molecule has 1 aliphatic carbocycles. The number of amides is 2. The topological polar surface area (TPSA) is 57.6 Å². The molecule has 1 saturated heterocycles. The van der Waals surface area contributed by atoms with Gasteiger partial charge >= 0.3 is 0 Å². The van der Waals surface area contributed by atoms with Crippen LogP contribution < -0.4 is 0 Å². The predicted octanol–water partition coefficient (Wildman–Crippen LogP) is 5.02. The molecule has 1 aromatic carbocycles. The van der Waals surface area contributed by atoms with Crippen LogP contribution in [0, 0.1) is 19.3 Å². The average molecular weight is 359 g/mol. The third kappa shape index (κ3) is 3.76. The van der Waals surface area contributed by atoms with Crippen LogP contribution in [0.5, 0.6) is 5.75 Å². The van der Waals surface area contributed by atoms with E-state index in [-0.39, 0.29) is 22.3 Å². The first-order chi connectivity index (χ1) is 11.8. The minimum absolute atomic E-state index is 0.0469. The first-order valence-corrected chi connectivity index (χ1v) is 9.66. The van der Waals surface area contributed by atoms with Crippen molar-refractivity contribution in [3.63, 3.8) is 0 Å². The van der Waals surface area contributed by atoms with E-state index in [1.54, 1.807) is 6.08 Å². The Hall–Kier alpha value is -1.75. The highest BCUT2D eigenvalue weighted by atomic mass is 32.2. The van der Waals surface area contributed by atoms with E-state index in [0.717, 1.165) is 41.3 Å². The van der Waals surface area contributed by atoms with Crippen LogP contribution in [0.15, 0.2) is 17.0 Å². The molecular weight excluding hydrogens is 334 g/mol. The van der Waals surface area contributed by atoms with Crippen LogP contribution in [-0.2, 0) is 4.79 Å². The minimum Gasteiger partial charge on any atom is -0.507 e. The molecule has 2 aliphatic rings. The summed E-state index contributed by atoms with van der Waals surface area (Å²) < 4.78 is 0. The highest BCUT2D eigenvalue weighted by molar-refractivity contribution is 8.18. The van der Waals surface area contributed by atoms with Crippen molar-refractivity contribution < 1.29 is 14.7 Å². The number of carbonyl (C=O) groups is 2. The number of carbonyl (C=O) groups excluding carboxylic acids is 2. The third-order valence-corrected chi connectivity index (χ3v) is 6.19. The molecule has 1 aromatic rings. The van der Waals surface area contributed by atoms with Gasteiger partial charge in [-0.3, -0.25) is 14.5 Å². The number of imide groups is 1. The normalized spacial score (nSPS) is 22.0. The summed E-state index contributed by atoms with van der Waals surface area (Å²) in [5.74, 6) is 0.0839. The zero-order valence-electron chi connectivity index (χ0n) is 15.1. The number of hydrogen-bond donors (Lipinski definition) is 1. The number of thioether (sulfide) groups is 1. The summed E-state index contributed by atoms with van der Waals surface area (Å²) in [6, 6.07) is 3.66. The fourth-order valence-electron chi connectivity index (χ4n) is 3.81. The van der Waals surface area contributed by atoms with Gasteiger partial charge in [-0.25, -0.2) is 0 Å². The number of nitrogens with zero attached hydrogens (tertiary/aromatic N) is 1. The second-order valence-electron chi connectivity index (χ2n) is 7.64. The van der Waals surface area contributed by atoms with Crippen LogP contribution in [0.3, 0.4) is 0 Å². The molecule has 3 rings (SSSR count). The summed E-state index contributed by atoms with van der Waals surface area (Å²) in [5, 5.41) is 9.71. The summed E-state index contributed by atoms with van der Waals surface area (Å²) in [5.41, 5.74) is 2.41. The lowest BCUT2D eigenvalue weighted by Gasteiger charge is -2.35. The predicted molar refractivity (Wildman–Crippen MR) is 101 cm³/mol. The zero-order chi connectivity index (χ0) is 18.2. The molecule has 134 valence electrons. The summed E-state index contributed by atoms with van der Waals surface area (Å²) in [7, 11) is 0. The van der Waals surface area contributed by atoms with Crippen LogP contribution in [0.4, 0.5) is 4.79 Å². The molecular formula is C20H25NO3S. The van der Waals surface area contributed by atoms with Crippen molar-refractivity contribution in [1.82, 2.24) is 4.90 Å². The van der Waals surface area contributed by atoms with E-state index >= 15 is 0 Å². The maximum absolute atomic E-state index is 12.7. The van der Waals surface area contributed by atoms with Gasteiger partial charge in [0.25, 0.3) is 11.1 Å². The number of phenols is 1. The molecule has 4 nitrogen and oxygen atoms in total. The van der Waals surface area contributed by atoms with Gasteiger partial charge < -0.3 is 5.11 Å². The van der Waals surface area contributed by atoms with Crippen LogP contribution in [0.2, 0.25) is 0 Å². The fraction of sp³-hybridized carbons (Fsp3) is 0.500. The molecule has 0 radical (unpaired) electrons. The third-order valence-electron chi connectivity index (χ3n) is 5.29. The molecule has 1 aliphatic heterocycles. The second kappa shape index (κ2) is 6.87. The fourth-order valence-corrected chi connectivity index (χ4v) is 4.64. The average Bonchev–Trinajstić information content (AvgIpc) is 2.80. The number of rotatable bonds is 3. The molecule has 1 N–H and O–H groups in total. The van der Waals surface area contributed by atoms with Gasteiger partial charge in [0.2, 0.25) is 0 Å². The van der Waals surface area contributed by atoms with Crippen molar-refractivity contribution in [3.05, 3.63) is 33.7 Å². The number of benzene rings is 1. The Morgan fingerprint density at radius 2 is 1.76 bits per heavy atom. The molecule has 0 aromatic heterocycles. The lowest BCUT2D eigenvalue weighted by Crippen LogP contribution is -2.39. The SMILES string of the molecule is Cc1cc(C=C2SC(=O)N(CC3(C)CCCCC3)C2=O)cc(C)c1O. The monoisotopic (exact) mass is 359 g/mol. The maximum atomic E-state index is 12.7. The Morgan fingerprint density at radius 3 is 2.36 bits per heavy atom. The van der Waals surface area contributed by atoms with Crippen molar-refractivity contribution in [2.24, 2.45) is 5.41 Å². The summed E-state index contributed by atoms with van der Waals surface area (Å²) in [6.07, 6.45) is 7.50. The van der Waals surface area contributed by atoms with Crippen molar-refractivity contribution in [2.45, 2.75) is 52.9 Å². The van der Waals surface area contributed by atoms with Gasteiger partial charge in [0.15, 0.2) is 0 Å². The zero-order valence-corrected chi connectivity index (χ0v) is 15.9. The van der Waals surface area contributed by atoms with E-state index in [9.17, 15) is 14.7 Å². The molecule has 1 heterocycles. The molecule has 0 atom stereocenters. The van der Waals surface area contributed by atoms with Crippen LogP contribution >= 0.6 is 11.8 Å². The molecule has 0 bridgehead atoms. The Balaban J connectivity index is 1.81. The Kier molecular flexibility index (Phi) is 4.96. The van der Waals surface area contributed by atoms with Gasteiger partial charge in [-0.1, -0.05) is 26.2 Å². The molecule has 5 heteroatoms. The van der Waals surface area contributed by atoms with E-state index in [1.165, 1.54) is 24.2 Å². The van der Waals surface area contributed by atoms with E-state index < -0.39 is 0 Å². The molecule has 25 heavy (non-hydrogen) atoms. The quantitative estimate of drug-likeness (QED) is 0.770. The summed E-state index contributed by atoms with van der Waals surface area (Å²) >= 11 is 1.02. The van der Waals surface area contributed by atoms with E-state index in [2.05, 4.69) is 6.92 Å². The van der Waals surface area contributed by atoms with Gasteiger partial charge in [0, 0.05) is 6.54 Å². The standard InChI is InChI=1S/C20H25NO3S/c1-13-9-15(10-14(2)17(13)22)11-16-18(23)21(19(24)25-16)12-20(3)7-5-4-6-8-20/h9-11,22H,4-8,12H2,1-3H3. The lowest BCUT2D eigenvalue weighted by atomic mass is 9.75. The molecule has 1 saturated carbocycles. The number of aryl methyl sites for hydroxylation is 2. The van der Waals surface area contributed by atoms with Gasteiger partial charge in [0.1, 0.15) is 5.75 Å². The smallest absolute Gasteiger partial charge is 0.293 e. The van der Waals surface area contributed by atoms with Crippen molar-refractivity contribution >= 4 is 29.0 Å². The second-order valence-corrected chi connectivity index (χ2v) is 8.64. The van der Waals surface area contributed by atoms with Gasteiger partial charge in [-0.15, -0.1) is 0 Å². The van der Waals surface area contributed by atoms with Gasteiger partial charge in [0.05, 0.1) is 4.91 Å². The largest absolute Gasteiger partial charge is 0.507 e. The first-order valence-electron chi connectivity index (χ1n) is 8.85. The van der Waals surface area contributed by atoms with Crippen LogP contribution in [0.25, 0.3) is 6.08 Å².